The van der Waals surface area contributed by atoms with E-state index < -0.39 is 35.8 Å². The van der Waals surface area contributed by atoms with E-state index >= 15 is 0 Å². The highest BCUT2D eigenvalue weighted by Crippen LogP contribution is 2.36. The molecule has 0 bridgehead atoms. The van der Waals surface area contributed by atoms with E-state index in [4.69, 9.17) is 0 Å². The molecule has 0 amide bonds. The van der Waals surface area contributed by atoms with Gasteiger partial charge in [0.05, 0.1) is 13.3 Å². The molecule has 0 atom stereocenters. The first kappa shape index (κ1) is 13.4. The molecule has 0 saturated carbocycles. The van der Waals surface area contributed by atoms with Gasteiger partial charge in [0.1, 0.15) is 5.56 Å². The third-order valence-corrected chi connectivity index (χ3v) is 1.63. The molecule has 0 fully saturated rings. The number of pyridine rings is 1. The molecule has 17 heavy (non-hydrogen) atoms. The summed E-state index contributed by atoms with van der Waals surface area (Å²) in [5, 5.41) is 0. The minimum atomic E-state index is -5.22. The molecule has 0 spiro atoms. The van der Waals surface area contributed by atoms with Gasteiger partial charge in [-0.25, -0.2) is 18.2 Å². The minimum Gasteiger partial charge on any atom is -0.479 e. The molecule has 0 radical (unpaired) electrons. The molecule has 0 N–H and O–H groups in total. The number of hydrogen-bond acceptors (Lipinski definition) is 3. The Labute approximate surface area is 91.0 Å². The van der Waals surface area contributed by atoms with E-state index in [0.717, 1.165) is 7.11 Å². The van der Waals surface area contributed by atoms with Crippen molar-refractivity contribution in [2.24, 2.45) is 0 Å². The lowest BCUT2D eigenvalue weighted by atomic mass is 10.2. The van der Waals surface area contributed by atoms with Crippen LogP contribution in [0.3, 0.4) is 0 Å². The second-order valence-corrected chi connectivity index (χ2v) is 2.71. The molecule has 1 heterocycles. The average molecular weight is 261 g/mol. The minimum absolute atomic E-state index is 0.316. The zero-order valence-electron chi connectivity index (χ0n) is 8.19. The first-order chi connectivity index (χ1) is 7.76. The van der Waals surface area contributed by atoms with Crippen molar-refractivity contribution in [1.82, 2.24) is 4.98 Å². The van der Waals surface area contributed by atoms with E-state index in [1.165, 1.54) is 0 Å². The maximum atomic E-state index is 13.2. The van der Waals surface area contributed by atoms with Crippen molar-refractivity contribution in [2.75, 3.05) is 7.11 Å². The molecule has 0 aromatic carbocycles. The van der Waals surface area contributed by atoms with Crippen LogP contribution in [0.25, 0.3) is 0 Å². The molecule has 3 nitrogen and oxygen atoms in total. The Kier molecular flexibility index (Phi) is 3.69. The van der Waals surface area contributed by atoms with Crippen LogP contribution >= 0.6 is 0 Å². The van der Waals surface area contributed by atoms with Gasteiger partial charge in [0, 0.05) is 0 Å². The summed E-state index contributed by atoms with van der Waals surface area (Å²) >= 11 is 0. The molecule has 0 aliphatic heterocycles. The predicted molar refractivity (Wildman–Crippen MR) is 42.4 cm³/mol. The second kappa shape index (κ2) is 4.68. The van der Waals surface area contributed by atoms with E-state index in [2.05, 4.69) is 14.5 Å². The lowest BCUT2D eigenvalue weighted by molar-refractivity contribution is -0.275. The Balaban J connectivity index is 3.27. The van der Waals surface area contributed by atoms with Gasteiger partial charge < -0.3 is 9.47 Å². The quantitative estimate of drug-likeness (QED) is 0.783. The molecular formula is C8H5F6NO2. The summed E-state index contributed by atoms with van der Waals surface area (Å²) in [5.74, 6) is -3.93. The molecule has 1 aromatic rings. The Morgan fingerprint density at radius 2 is 1.88 bits per heavy atom. The van der Waals surface area contributed by atoms with Gasteiger partial charge in [-0.1, -0.05) is 0 Å². The number of alkyl halides is 5. The van der Waals surface area contributed by atoms with Crippen molar-refractivity contribution in [3.05, 3.63) is 17.6 Å². The van der Waals surface area contributed by atoms with Crippen LogP contribution in [-0.2, 0) is 0 Å². The van der Waals surface area contributed by atoms with Crippen LogP contribution in [0.1, 0.15) is 12.0 Å². The van der Waals surface area contributed by atoms with Crippen molar-refractivity contribution in [3.8, 4) is 11.6 Å². The van der Waals surface area contributed by atoms with Crippen LogP contribution in [0.2, 0.25) is 0 Å². The van der Waals surface area contributed by atoms with Gasteiger partial charge in [0.15, 0.2) is 11.6 Å². The highest BCUT2D eigenvalue weighted by molar-refractivity contribution is 5.37. The molecule has 1 aromatic heterocycles. The third-order valence-electron chi connectivity index (χ3n) is 1.63. The number of aromatic nitrogens is 1. The highest BCUT2D eigenvalue weighted by Gasteiger charge is 2.35. The van der Waals surface area contributed by atoms with Crippen molar-refractivity contribution in [2.45, 2.75) is 12.8 Å². The fourth-order valence-electron chi connectivity index (χ4n) is 1.02. The van der Waals surface area contributed by atoms with Crippen molar-refractivity contribution >= 4 is 0 Å². The number of nitrogens with zero attached hydrogens (tertiary/aromatic N) is 1. The van der Waals surface area contributed by atoms with Gasteiger partial charge in [-0.15, -0.1) is 13.2 Å². The number of halogens is 6. The molecule has 9 heteroatoms. The highest BCUT2D eigenvalue weighted by atomic mass is 19.4. The summed E-state index contributed by atoms with van der Waals surface area (Å²) < 4.78 is 81.1. The van der Waals surface area contributed by atoms with Crippen molar-refractivity contribution < 1.29 is 35.8 Å². The lowest BCUT2D eigenvalue weighted by Crippen LogP contribution is -2.19. The van der Waals surface area contributed by atoms with E-state index in [-0.39, 0.29) is 0 Å². The molecule has 0 aliphatic rings. The summed E-state index contributed by atoms with van der Waals surface area (Å²) in [7, 11) is 0.935. The van der Waals surface area contributed by atoms with Gasteiger partial charge in [0.2, 0.25) is 0 Å². The van der Waals surface area contributed by atoms with Crippen LogP contribution in [0, 0.1) is 5.82 Å². The number of hydrogen-bond donors (Lipinski definition) is 0. The average Bonchev–Trinajstić information content (AvgIpc) is 2.14. The number of methoxy groups -OCH3 is 1. The topological polar surface area (TPSA) is 31.4 Å². The molecular weight excluding hydrogens is 256 g/mol. The predicted octanol–water partition coefficient (Wildman–Crippen LogP) is 3.07. The van der Waals surface area contributed by atoms with Crippen LogP contribution in [0.5, 0.6) is 11.6 Å². The van der Waals surface area contributed by atoms with Gasteiger partial charge in [-0.2, -0.15) is 0 Å². The van der Waals surface area contributed by atoms with E-state index in [1.54, 1.807) is 0 Å². The number of rotatable bonds is 3. The largest absolute Gasteiger partial charge is 0.573 e. The van der Waals surface area contributed by atoms with E-state index in [9.17, 15) is 26.3 Å². The van der Waals surface area contributed by atoms with Crippen molar-refractivity contribution in [3.63, 3.8) is 0 Å². The van der Waals surface area contributed by atoms with Crippen LogP contribution < -0.4 is 9.47 Å². The summed E-state index contributed by atoms with van der Waals surface area (Å²) in [4.78, 5) is 3.07. The zero-order valence-corrected chi connectivity index (χ0v) is 8.19. The van der Waals surface area contributed by atoms with E-state index in [1.807, 2.05) is 0 Å². The lowest BCUT2D eigenvalue weighted by Gasteiger charge is -2.14. The zero-order chi connectivity index (χ0) is 13.2. The fourth-order valence-corrected chi connectivity index (χ4v) is 1.02. The Bertz CT molecular complexity index is 406. The standard InChI is InChI=1S/C8H5F6NO2/c1-16-7-5(9)4(6(10)11)3(2-15-7)17-8(12,13)14/h2,6H,1H3. The van der Waals surface area contributed by atoms with Crippen LogP contribution in [0.4, 0.5) is 26.3 Å². The molecule has 1 rings (SSSR count). The van der Waals surface area contributed by atoms with Gasteiger partial charge in [-0.05, 0) is 0 Å². The molecule has 0 saturated heterocycles. The summed E-state index contributed by atoms with van der Waals surface area (Å²) in [6.45, 7) is 0. The first-order valence-corrected chi connectivity index (χ1v) is 4.02. The number of ether oxygens (including phenoxy) is 2. The second-order valence-electron chi connectivity index (χ2n) is 2.71. The van der Waals surface area contributed by atoms with Gasteiger partial charge >= 0.3 is 6.36 Å². The van der Waals surface area contributed by atoms with Crippen molar-refractivity contribution in [1.29, 1.82) is 0 Å². The Hall–Kier alpha value is -1.67. The first-order valence-electron chi connectivity index (χ1n) is 4.02. The normalized spacial score (nSPS) is 11.8. The maximum absolute atomic E-state index is 13.2. The molecule has 0 unspecified atom stereocenters. The molecule has 96 valence electrons. The molecule has 0 aliphatic carbocycles. The monoisotopic (exact) mass is 261 g/mol. The van der Waals surface area contributed by atoms with Gasteiger partial charge in [0.25, 0.3) is 12.3 Å². The maximum Gasteiger partial charge on any atom is 0.573 e. The Morgan fingerprint density at radius 3 is 2.29 bits per heavy atom. The fraction of sp³-hybridized carbons (Fsp3) is 0.375. The Morgan fingerprint density at radius 1 is 1.29 bits per heavy atom. The summed E-state index contributed by atoms with van der Waals surface area (Å²) in [6, 6.07) is 0. The van der Waals surface area contributed by atoms with E-state index in [0.29, 0.717) is 6.20 Å². The van der Waals surface area contributed by atoms with Gasteiger partial charge in [-0.3, -0.25) is 0 Å². The third kappa shape index (κ3) is 3.14. The summed E-state index contributed by atoms with van der Waals surface area (Å²) in [6.07, 6.45) is -8.40. The smallest absolute Gasteiger partial charge is 0.479 e. The van der Waals surface area contributed by atoms with Crippen LogP contribution in [-0.4, -0.2) is 18.5 Å². The van der Waals surface area contributed by atoms with Crippen LogP contribution in [0.15, 0.2) is 6.20 Å². The summed E-state index contributed by atoms with van der Waals surface area (Å²) in [5.41, 5.74) is -1.55. The SMILES string of the molecule is COc1ncc(OC(F)(F)F)c(C(F)F)c1F.